The highest BCUT2D eigenvalue weighted by atomic mass is 32.2. The molecule has 0 amide bonds. The Labute approximate surface area is 163 Å². The van der Waals surface area contributed by atoms with Gasteiger partial charge in [-0.15, -0.1) is 5.10 Å². The summed E-state index contributed by atoms with van der Waals surface area (Å²) in [4.78, 5) is 2.31. The molecule has 1 aromatic carbocycles. The predicted octanol–water partition coefficient (Wildman–Crippen LogP) is 1.54. The summed E-state index contributed by atoms with van der Waals surface area (Å²) in [7, 11) is -3.59. The van der Waals surface area contributed by atoms with Crippen LogP contribution in [0.25, 0.3) is 0 Å². The second kappa shape index (κ2) is 6.89. The van der Waals surface area contributed by atoms with E-state index in [9.17, 15) is 8.42 Å². The van der Waals surface area contributed by atoms with Crippen molar-refractivity contribution in [3.05, 3.63) is 36.0 Å². The Morgan fingerprint density at radius 1 is 1.04 bits per heavy atom. The summed E-state index contributed by atoms with van der Waals surface area (Å²) >= 11 is 0. The molecule has 2 aliphatic heterocycles. The maximum absolute atomic E-state index is 12.6. The van der Waals surface area contributed by atoms with Crippen molar-refractivity contribution < 1.29 is 17.9 Å². The van der Waals surface area contributed by atoms with Crippen molar-refractivity contribution >= 4 is 15.8 Å². The summed E-state index contributed by atoms with van der Waals surface area (Å²) < 4.78 is 38.8. The van der Waals surface area contributed by atoms with Gasteiger partial charge in [0.1, 0.15) is 13.2 Å². The molecular formula is C19H22N4O4S. The standard InChI is InChI=1S/C19H22N4O4S/c24-28(25,15-3-5-17-18(9-15)27-8-7-26-17)20-10-13-11-23(12-13)19-6-4-16(21-22-19)14-1-2-14/h3-6,9,13-14,20H,1-2,7-8,10-12H2. The average molecular weight is 402 g/mol. The number of nitrogens with zero attached hydrogens (tertiary/aromatic N) is 3. The second-order valence-electron chi connectivity index (χ2n) is 7.52. The van der Waals surface area contributed by atoms with Crippen LogP contribution in [0.1, 0.15) is 24.5 Å². The Balaban J connectivity index is 1.15. The van der Waals surface area contributed by atoms with Gasteiger partial charge in [-0.1, -0.05) is 0 Å². The number of benzene rings is 1. The van der Waals surface area contributed by atoms with Gasteiger partial charge in [0.2, 0.25) is 10.0 Å². The Morgan fingerprint density at radius 2 is 1.82 bits per heavy atom. The van der Waals surface area contributed by atoms with Crippen molar-refractivity contribution in [2.75, 3.05) is 37.7 Å². The molecule has 0 spiro atoms. The van der Waals surface area contributed by atoms with Crippen molar-refractivity contribution in [2.24, 2.45) is 5.92 Å². The van der Waals surface area contributed by atoms with Crippen LogP contribution in [0, 0.1) is 5.92 Å². The third-order valence-corrected chi connectivity index (χ3v) is 6.76. The second-order valence-corrected chi connectivity index (χ2v) is 9.29. The fraction of sp³-hybridized carbons (Fsp3) is 0.474. The molecule has 0 radical (unpaired) electrons. The number of sulfonamides is 1. The van der Waals surface area contributed by atoms with Gasteiger partial charge >= 0.3 is 0 Å². The van der Waals surface area contributed by atoms with E-state index in [2.05, 4.69) is 25.9 Å². The molecular weight excluding hydrogens is 380 g/mol. The molecule has 0 atom stereocenters. The van der Waals surface area contributed by atoms with Crippen LogP contribution in [-0.2, 0) is 10.0 Å². The quantitative estimate of drug-likeness (QED) is 0.783. The summed E-state index contributed by atoms with van der Waals surface area (Å²) in [6, 6.07) is 8.76. The Bertz CT molecular complexity index is 970. The Kier molecular flexibility index (Phi) is 4.36. The van der Waals surface area contributed by atoms with E-state index in [4.69, 9.17) is 9.47 Å². The number of aromatic nitrogens is 2. The van der Waals surface area contributed by atoms with Crippen LogP contribution in [0.5, 0.6) is 11.5 Å². The smallest absolute Gasteiger partial charge is 0.240 e. The van der Waals surface area contributed by atoms with Crippen molar-refractivity contribution in [3.63, 3.8) is 0 Å². The lowest BCUT2D eigenvalue weighted by atomic mass is 10.0. The minimum atomic E-state index is -3.59. The monoisotopic (exact) mass is 402 g/mol. The van der Waals surface area contributed by atoms with E-state index in [-0.39, 0.29) is 10.8 Å². The van der Waals surface area contributed by atoms with Gasteiger partial charge in [0.25, 0.3) is 0 Å². The minimum absolute atomic E-state index is 0.189. The van der Waals surface area contributed by atoms with Crippen molar-refractivity contribution in [1.29, 1.82) is 0 Å². The third-order valence-electron chi connectivity index (χ3n) is 5.33. The summed E-state index contributed by atoms with van der Waals surface area (Å²) in [5.74, 6) is 2.75. The van der Waals surface area contributed by atoms with Crippen molar-refractivity contribution in [1.82, 2.24) is 14.9 Å². The van der Waals surface area contributed by atoms with E-state index in [1.807, 2.05) is 6.07 Å². The summed E-state index contributed by atoms with van der Waals surface area (Å²) in [5.41, 5.74) is 1.08. The number of ether oxygens (including phenoxy) is 2. The van der Waals surface area contributed by atoms with Gasteiger partial charge < -0.3 is 14.4 Å². The van der Waals surface area contributed by atoms with E-state index < -0.39 is 10.0 Å². The van der Waals surface area contributed by atoms with E-state index in [0.29, 0.717) is 37.2 Å². The molecule has 1 saturated carbocycles. The van der Waals surface area contributed by atoms with E-state index in [1.54, 1.807) is 12.1 Å². The number of rotatable bonds is 6. The normalized spacial score (nSPS) is 19.4. The van der Waals surface area contributed by atoms with Gasteiger partial charge in [0, 0.05) is 37.5 Å². The zero-order valence-corrected chi connectivity index (χ0v) is 16.2. The van der Waals surface area contributed by atoms with Crippen LogP contribution in [0.2, 0.25) is 0 Å². The summed E-state index contributed by atoms with van der Waals surface area (Å²) in [6.07, 6.45) is 2.42. The van der Waals surface area contributed by atoms with Crippen LogP contribution in [0.3, 0.4) is 0 Å². The molecule has 2 aromatic rings. The number of fused-ring (bicyclic) bond motifs is 1. The molecule has 8 nitrogen and oxygen atoms in total. The van der Waals surface area contributed by atoms with Gasteiger partial charge in [-0.2, -0.15) is 5.10 Å². The van der Waals surface area contributed by atoms with Crippen LogP contribution in [0.15, 0.2) is 35.2 Å². The first-order valence-corrected chi connectivity index (χ1v) is 11.0. The minimum Gasteiger partial charge on any atom is -0.486 e. The molecule has 5 rings (SSSR count). The van der Waals surface area contributed by atoms with Gasteiger partial charge in [-0.05, 0) is 37.1 Å². The molecule has 1 aromatic heterocycles. The van der Waals surface area contributed by atoms with E-state index in [0.717, 1.165) is 24.6 Å². The fourth-order valence-electron chi connectivity index (χ4n) is 3.49. The lowest BCUT2D eigenvalue weighted by Crippen LogP contribution is -2.51. The molecule has 2 fully saturated rings. The largest absolute Gasteiger partial charge is 0.486 e. The first-order valence-electron chi connectivity index (χ1n) is 9.56. The lowest BCUT2D eigenvalue weighted by molar-refractivity contribution is 0.171. The average Bonchev–Trinajstić information content (AvgIpc) is 3.52. The van der Waals surface area contributed by atoms with Crippen LogP contribution in [-0.4, -0.2) is 51.5 Å². The third kappa shape index (κ3) is 3.51. The van der Waals surface area contributed by atoms with Crippen LogP contribution >= 0.6 is 0 Å². The molecule has 9 heteroatoms. The maximum Gasteiger partial charge on any atom is 0.240 e. The molecule has 1 N–H and O–H groups in total. The number of hydrogen-bond acceptors (Lipinski definition) is 7. The van der Waals surface area contributed by atoms with Crippen molar-refractivity contribution in [3.8, 4) is 11.5 Å². The highest BCUT2D eigenvalue weighted by molar-refractivity contribution is 7.89. The van der Waals surface area contributed by atoms with E-state index >= 15 is 0 Å². The van der Waals surface area contributed by atoms with E-state index in [1.165, 1.54) is 18.9 Å². The Morgan fingerprint density at radius 3 is 2.54 bits per heavy atom. The molecule has 28 heavy (non-hydrogen) atoms. The first kappa shape index (κ1) is 17.7. The fourth-order valence-corrected chi connectivity index (χ4v) is 4.62. The number of nitrogens with one attached hydrogen (secondary N) is 1. The molecule has 3 heterocycles. The highest BCUT2D eigenvalue weighted by Crippen LogP contribution is 2.39. The number of hydrogen-bond donors (Lipinski definition) is 1. The SMILES string of the molecule is O=S(=O)(NCC1CN(c2ccc(C3CC3)nn2)C1)c1ccc2c(c1)OCCO2. The maximum atomic E-state index is 12.6. The number of anilines is 1. The first-order chi connectivity index (χ1) is 13.6. The lowest BCUT2D eigenvalue weighted by Gasteiger charge is -2.39. The molecule has 3 aliphatic rings. The van der Waals surface area contributed by atoms with Gasteiger partial charge in [-0.25, -0.2) is 13.1 Å². The molecule has 0 unspecified atom stereocenters. The highest BCUT2D eigenvalue weighted by Gasteiger charge is 2.31. The zero-order valence-electron chi connectivity index (χ0n) is 15.4. The zero-order chi connectivity index (χ0) is 19.1. The summed E-state index contributed by atoms with van der Waals surface area (Å²) in [5, 5.41) is 8.61. The topological polar surface area (TPSA) is 93.7 Å². The van der Waals surface area contributed by atoms with Gasteiger partial charge in [-0.3, -0.25) is 0 Å². The predicted molar refractivity (Wildman–Crippen MR) is 102 cm³/mol. The molecule has 148 valence electrons. The Hall–Kier alpha value is -2.39. The van der Waals surface area contributed by atoms with Gasteiger partial charge in [0.15, 0.2) is 17.3 Å². The molecule has 1 aliphatic carbocycles. The molecule has 1 saturated heterocycles. The van der Waals surface area contributed by atoms with Crippen LogP contribution < -0.4 is 19.1 Å². The summed E-state index contributed by atoms with van der Waals surface area (Å²) in [6.45, 7) is 2.82. The molecule has 0 bridgehead atoms. The van der Waals surface area contributed by atoms with Gasteiger partial charge in [0.05, 0.1) is 10.6 Å². The van der Waals surface area contributed by atoms with Crippen molar-refractivity contribution in [2.45, 2.75) is 23.7 Å². The van der Waals surface area contributed by atoms with Crippen LogP contribution in [0.4, 0.5) is 5.82 Å².